The molecular formula is C6H10F3NO2. The van der Waals surface area contributed by atoms with Crippen molar-refractivity contribution in [1.82, 2.24) is 0 Å². The molecule has 6 heteroatoms. The first kappa shape index (κ1) is 11.2. The number of carboxylic acids is 1. The number of alkyl halides is 3. The molecule has 0 amide bonds. The van der Waals surface area contributed by atoms with E-state index >= 15 is 0 Å². The Bertz CT molecular complexity index is 157. The molecule has 0 radical (unpaired) electrons. The molecule has 1 atom stereocenters. The van der Waals surface area contributed by atoms with Crippen LogP contribution in [0.3, 0.4) is 0 Å². The van der Waals surface area contributed by atoms with Crippen LogP contribution in [0, 0.1) is 5.92 Å². The summed E-state index contributed by atoms with van der Waals surface area (Å²) in [6.45, 7) is 0.0693. The van der Waals surface area contributed by atoms with Crippen molar-refractivity contribution in [3.8, 4) is 0 Å². The van der Waals surface area contributed by atoms with Crippen molar-refractivity contribution in [2.45, 2.75) is 19.0 Å². The summed E-state index contributed by atoms with van der Waals surface area (Å²) in [5, 5.41) is 8.17. The number of nitrogens with two attached hydrogens (primary N) is 1. The van der Waals surface area contributed by atoms with Gasteiger partial charge in [0, 0.05) is 0 Å². The van der Waals surface area contributed by atoms with Gasteiger partial charge >= 0.3 is 12.1 Å². The lowest BCUT2D eigenvalue weighted by atomic mass is 10.0. The van der Waals surface area contributed by atoms with E-state index in [1.807, 2.05) is 0 Å². The van der Waals surface area contributed by atoms with Crippen LogP contribution in [0.25, 0.3) is 0 Å². The smallest absolute Gasteiger partial charge is 0.402 e. The third kappa shape index (κ3) is 3.56. The van der Waals surface area contributed by atoms with E-state index in [9.17, 15) is 18.0 Å². The molecule has 0 saturated carbocycles. The minimum Gasteiger partial charge on any atom is -0.481 e. The number of rotatable bonds is 4. The summed E-state index contributed by atoms with van der Waals surface area (Å²) in [4.78, 5) is 10.1. The van der Waals surface area contributed by atoms with Gasteiger partial charge in [0.15, 0.2) is 5.92 Å². The van der Waals surface area contributed by atoms with Crippen LogP contribution < -0.4 is 5.73 Å². The van der Waals surface area contributed by atoms with Gasteiger partial charge in [-0.15, -0.1) is 0 Å². The molecule has 3 nitrogen and oxygen atoms in total. The van der Waals surface area contributed by atoms with E-state index in [0.717, 1.165) is 0 Å². The summed E-state index contributed by atoms with van der Waals surface area (Å²) >= 11 is 0. The van der Waals surface area contributed by atoms with Crippen molar-refractivity contribution in [2.24, 2.45) is 11.7 Å². The molecule has 0 heterocycles. The lowest BCUT2D eigenvalue weighted by Gasteiger charge is -2.14. The number of carbonyl (C=O) groups is 1. The van der Waals surface area contributed by atoms with Crippen molar-refractivity contribution in [1.29, 1.82) is 0 Å². The maximum Gasteiger partial charge on any atom is 0.402 e. The fourth-order valence-electron chi connectivity index (χ4n) is 0.749. The van der Waals surface area contributed by atoms with E-state index in [4.69, 9.17) is 10.8 Å². The Morgan fingerprint density at radius 1 is 1.50 bits per heavy atom. The van der Waals surface area contributed by atoms with Crippen LogP contribution in [0.1, 0.15) is 12.8 Å². The van der Waals surface area contributed by atoms with E-state index in [-0.39, 0.29) is 13.0 Å². The average Bonchev–Trinajstić information content (AvgIpc) is 1.84. The molecule has 0 unspecified atom stereocenters. The fourth-order valence-corrected chi connectivity index (χ4v) is 0.749. The predicted molar refractivity (Wildman–Crippen MR) is 35.5 cm³/mol. The van der Waals surface area contributed by atoms with Gasteiger partial charge in [0.2, 0.25) is 0 Å². The van der Waals surface area contributed by atoms with Gasteiger partial charge in [0.05, 0.1) is 0 Å². The third-order valence-electron chi connectivity index (χ3n) is 1.39. The first-order valence-electron chi connectivity index (χ1n) is 3.39. The quantitative estimate of drug-likeness (QED) is 0.686. The number of hydrogen-bond donors (Lipinski definition) is 2. The van der Waals surface area contributed by atoms with Crippen LogP contribution in [0.15, 0.2) is 0 Å². The number of carboxylic acid groups (broad SMARTS) is 1. The Morgan fingerprint density at radius 2 is 2.00 bits per heavy atom. The van der Waals surface area contributed by atoms with E-state index < -0.39 is 24.5 Å². The van der Waals surface area contributed by atoms with Gasteiger partial charge in [-0.3, -0.25) is 4.79 Å². The zero-order chi connectivity index (χ0) is 9.78. The van der Waals surface area contributed by atoms with Crippen molar-refractivity contribution in [3.05, 3.63) is 0 Å². The van der Waals surface area contributed by atoms with Crippen molar-refractivity contribution < 1.29 is 23.1 Å². The zero-order valence-electron chi connectivity index (χ0n) is 6.27. The third-order valence-corrected chi connectivity index (χ3v) is 1.39. The molecule has 0 aromatic rings. The molecule has 0 saturated heterocycles. The van der Waals surface area contributed by atoms with Gasteiger partial charge in [-0.25, -0.2) is 0 Å². The summed E-state index contributed by atoms with van der Waals surface area (Å²) < 4.78 is 35.6. The standard InChI is InChI=1S/C6H10F3NO2/c7-6(8,9)4(5(11)12)2-1-3-10/h4H,1-3,10H2,(H,11,12)/t4-/m1/s1. The Hall–Kier alpha value is -0.780. The highest BCUT2D eigenvalue weighted by Gasteiger charge is 2.44. The average molecular weight is 185 g/mol. The van der Waals surface area contributed by atoms with Crippen LogP contribution in [0.2, 0.25) is 0 Å². The molecule has 0 aromatic heterocycles. The summed E-state index contributed by atoms with van der Waals surface area (Å²) in [6, 6.07) is 0. The molecule has 0 bridgehead atoms. The first-order valence-corrected chi connectivity index (χ1v) is 3.39. The van der Waals surface area contributed by atoms with Gasteiger partial charge in [-0.05, 0) is 19.4 Å². The van der Waals surface area contributed by atoms with E-state index in [2.05, 4.69) is 0 Å². The topological polar surface area (TPSA) is 63.3 Å². The number of halogens is 3. The normalized spacial score (nSPS) is 14.3. The highest BCUT2D eigenvalue weighted by atomic mass is 19.4. The van der Waals surface area contributed by atoms with E-state index in [0.29, 0.717) is 0 Å². The Morgan fingerprint density at radius 3 is 2.25 bits per heavy atom. The van der Waals surface area contributed by atoms with Gasteiger partial charge in [-0.2, -0.15) is 13.2 Å². The lowest BCUT2D eigenvalue weighted by molar-refractivity contribution is -0.194. The molecule has 0 aliphatic rings. The minimum absolute atomic E-state index is 0.0659. The Kier molecular flexibility index (Phi) is 4.02. The van der Waals surface area contributed by atoms with Gasteiger partial charge in [-0.1, -0.05) is 0 Å². The molecule has 12 heavy (non-hydrogen) atoms. The van der Waals surface area contributed by atoms with Crippen molar-refractivity contribution >= 4 is 5.97 Å². The second-order valence-corrected chi connectivity index (χ2v) is 2.36. The molecule has 0 spiro atoms. The first-order chi connectivity index (χ1) is 5.39. The van der Waals surface area contributed by atoms with Crippen LogP contribution in [0.4, 0.5) is 13.2 Å². The lowest BCUT2D eigenvalue weighted by Crippen LogP contribution is -2.30. The van der Waals surface area contributed by atoms with E-state index in [1.54, 1.807) is 0 Å². The maximum atomic E-state index is 11.9. The summed E-state index contributed by atoms with van der Waals surface area (Å²) in [7, 11) is 0. The summed E-state index contributed by atoms with van der Waals surface area (Å²) in [5.41, 5.74) is 4.96. The van der Waals surface area contributed by atoms with E-state index in [1.165, 1.54) is 0 Å². The highest BCUT2D eigenvalue weighted by Crippen LogP contribution is 2.29. The molecule has 3 N–H and O–H groups in total. The predicted octanol–water partition coefficient (Wildman–Crippen LogP) is 0.988. The molecular weight excluding hydrogens is 175 g/mol. The molecule has 0 rings (SSSR count). The van der Waals surface area contributed by atoms with Crippen molar-refractivity contribution in [3.63, 3.8) is 0 Å². The summed E-state index contributed by atoms with van der Waals surface area (Å²) in [5.74, 6) is -4.11. The maximum absolute atomic E-state index is 11.9. The molecule has 0 aliphatic carbocycles. The molecule has 72 valence electrons. The minimum atomic E-state index is -4.67. The molecule has 0 aliphatic heterocycles. The fraction of sp³-hybridized carbons (Fsp3) is 0.833. The second-order valence-electron chi connectivity index (χ2n) is 2.36. The second kappa shape index (κ2) is 4.30. The van der Waals surface area contributed by atoms with Crippen LogP contribution >= 0.6 is 0 Å². The van der Waals surface area contributed by atoms with Crippen LogP contribution in [0.5, 0.6) is 0 Å². The Labute approximate surface area is 67.4 Å². The number of aliphatic carboxylic acids is 1. The van der Waals surface area contributed by atoms with Crippen LogP contribution in [-0.4, -0.2) is 23.8 Å². The monoisotopic (exact) mass is 185 g/mol. The van der Waals surface area contributed by atoms with Crippen LogP contribution in [-0.2, 0) is 4.79 Å². The largest absolute Gasteiger partial charge is 0.481 e. The van der Waals surface area contributed by atoms with Gasteiger partial charge in [0.25, 0.3) is 0 Å². The SMILES string of the molecule is NCCC[C@H](C(=O)O)C(F)(F)F. The molecule has 0 fully saturated rings. The van der Waals surface area contributed by atoms with Gasteiger partial charge < -0.3 is 10.8 Å². The van der Waals surface area contributed by atoms with Gasteiger partial charge in [0.1, 0.15) is 0 Å². The highest BCUT2D eigenvalue weighted by molar-refractivity contribution is 5.70. The zero-order valence-corrected chi connectivity index (χ0v) is 6.27. The van der Waals surface area contributed by atoms with Crippen molar-refractivity contribution in [2.75, 3.05) is 6.54 Å². The Balaban J connectivity index is 4.15. The summed E-state index contributed by atoms with van der Waals surface area (Å²) in [6.07, 6.45) is -5.05. The molecule has 0 aromatic carbocycles. The number of hydrogen-bond acceptors (Lipinski definition) is 2.